The van der Waals surface area contributed by atoms with E-state index in [9.17, 15) is 22.8 Å². The number of halogens is 1. The topological polar surface area (TPSA) is 116 Å². The van der Waals surface area contributed by atoms with Crippen LogP contribution < -0.4 is 11.2 Å². The van der Waals surface area contributed by atoms with Crippen molar-refractivity contribution in [2.45, 2.75) is 18.2 Å². The summed E-state index contributed by atoms with van der Waals surface area (Å²) in [6.45, 7) is 0.0864. The van der Waals surface area contributed by atoms with Gasteiger partial charge in [0.15, 0.2) is 21.0 Å². The predicted octanol–water partition coefficient (Wildman–Crippen LogP) is 0.475. The van der Waals surface area contributed by atoms with Gasteiger partial charge >= 0.3 is 5.69 Å². The highest BCUT2D eigenvalue weighted by Gasteiger charge is 2.34. The number of rotatable bonds is 3. The molecule has 0 saturated carbocycles. The first-order valence-electron chi connectivity index (χ1n) is 9.96. The molecule has 1 atom stereocenters. The lowest BCUT2D eigenvalue weighted by atomic mass is 10.1. The van der Waals surface area contributed by atoms with E-state index in [2.05, 4.69) is 4.98 Å². The summed E-state index contributed by atoms with van der Waals surface area (Å²) in [7, 11) is -0.654. The lowest BCUT2D eigenvalue weighted by Crippen LogP contribution is -2.39. The minimum atomic E-state index is -3.51. The highest BCUT2D eigenvalue weighted by Crippen LogP contribution is 2.33. The maximum absolute atomic E-state index is 13.0. The molecule has 0 aliphatic carbocycles. The Bertz CT molecular complexity index is 1440. The van der Waals surface area contributed by atoms with Gasteiger partial charge < -0.3 is 9.47 Å². The molecule has 0 spiro atoms. The first kappa shape index (κ1) is 22.3. The Labute approximate surface area is 188 Å². The second-order valence-electron chi connectivity index (χ2n) is 7.80. The fourth-order valence-corrected chi connectivity index (χ4v) is 6.19. The summed E-state index contributed by atoms with van der Waals surface area (Å²) in [5.41, 5.74) is -0.205. The van der Waals surface area contributed by atoms with Crippen molar-refractivity contribution < 1.29 is 13.2 Å². The Hall–Kier alpha value is -2.92. The molecule has 1 aliphatic heterocycles. The van der Waals surface area contributed by atoms with Crippen LogP contribution in [0.25, 0.3) is 11.2 Å². The molecule has 3 aromatic rings. The normalized spacial score (nSPS) is 18.6. The van der Waals surface area contributed by atoms with Crippen molar-refractivity contribution in [1.29, 1.82) is 0 Å². The number of amides is 1. The third-order valence-corrected chi connectivity index (χ3v) is 8.32. The number of fused-ring (bicyclic) bond motifs is 1. The van der Waals surface area contributed by atoms with E-state index in [1.807, 2.05) is 0 Å². The number of sulfone groups is 1. The Balaban J connectivity index is 1.60. The Kier molecular flexibility index (Phi) is 5.72. The van der Waals surface area contributed by atoms with Crippen molar-refractivity contribution in [3.8, 4) is 0 Å². The van der Waals surface area contributed by atoms with Gasteiger partial charge in [-0.3, -0.25) is 18.7 Å². The molecule has 1 fully saturated rings. The molecule has 1 amide bonds. The molecule has 1 unspecified atom stereocenters. The van der Waals surface area contributed by atoms with Crippen molar-refractivity contribution in [2.24, 2.45) is 14.1 Å². The number of carbonyl (C=O) groups excluding carboxylic acids is 1. The number of hydrogen-bond acceptors (Lipinski definition) is 6. The van der Waals surface area contributed by atoms with Crippen LogP contribution in [0.1, 0.15) is 17.2 Å². The summed E-state index contributed by atoms with van der Waals surface area (Å²) in [6, 6.07) is 6.82. The second kappa shape index (κ2) is 8.21. The maximum atomic E-state index is 13.0. The SMILES string of the molecule is Cn1c(=O)c2c(ncn2CC(=O)N2CCC(c3ccccc3Cl)S(=O)(=O)CC2)n(C)c1=O. The van der Waals surface area contributed by atoms with Gasteiger partial charge in [-0.15, -0.1) is 0 Å². The summed E-state index contributed by atoms with van der Waals surface area (Å²) in [6.07, 6.45) is 1.56. The van der Waals surface area contributed by atoms with E-state index in [0.717, 1.165) is 4.57 Å². The van der Waals surface area contributed by atoms with E-state index >= 15 is 0 Å². The molecule has 32 heavy (non-hydrogen) atoms. The third-order valence-electron chi connectivity index (χ3n) is 5.87. The summed E-state index contributed by atoms with van der Waals surface area (Å²) in [5.74, 6) is -0.523. The monoisotopic (exact) mass is 479 g/mol. The zero-order valence-corrected chi connectivity index (χ0v) is 19.1. The molecule has 0 N–H and O–H groups in total. The molecule has 0 bridgehead atoms. The van der Waals surface area contributed by atoms with Crippen LogP contribution >= 0.6 is 11.6 Å². The molecule has 3 heterocycles. The summed E-state index contributed by atoms with van der Waals surface area (Å²) in [5, 5.41) is -0.405. The lowest BCUT2D eigenvalue weighted by Gasteiger charge is -2.20. The molecule has 10 nitrogen and oxygen atoms in total. The van der Waals surface area contributed by atoms with Gasteiger partial charge in [-0.2, -0.15) is 0 Å². The molecule has 170 valence electrons. The Morgan fingerprint density at radius 2 is 1.88 bits per heavy atom. The molecule has 0 radical (unpaired) electrons. The highest BCUT2D eigenvalue weighted by atomic mass is 35.5. The van der Waals surface area contributed by atoms with Gasteiger partial charge in [-0.25, -0.2) is 18.2 Å². The minimum Gasteiger partial charge on any atom is -0.340 e. The van der Waals surface area contributed by atoms with Crippen LogP contribution in [-0.2, 0) is 35.3 Å². The number of nitrogens with zero attached hydrogens (tertiary/aromatic N) is 5. The summed E-state index contributed by atoms with van der Waals surface area (Å²) < 4.78 is 29.3. The lowest BCUT2D eigenvalue weighted by molar-refractivity contribution is -0.131. The van der Waals surface area contributed by atoms with Crippen molar-refractivity contribution in [3.63, 3.8) is 0 Å². The third kappa shape index (κ3) is 3.75. The van der Waals surface area contributed by atoms with E-state index in [-0.39, 0.29) is 48.9 Å². The Morgan fingerprint density at radius 3 is 2.59 bits per heavy atom. The fourth-order valence-electron chi connectivity index (χ4n) is 4.04. The van der Waals surface area contributed by atoms with Gasteiger partial charge in [0.1, 0.15) is 6.54 Å². The Morgan fingerprint density at radius 1 is 1.16 bits per heavy atom. The van der Waals surface area contributed by atoms with Gasteiger partial charge in [-0.1, -0.05) is 29.8 Å². The molecular formula is C20H22ClN5O5S. The van der Waals surface area contributed by atoms with Crippen LogP contribution in [0.15, 0.2) is 40.2 Å². The maximum Gasteiger partial charge on any atom is 0.332 e. The first-order valence-corrected chi connectivity index (χ1v) is 12.1. The number of hydrogen-bond donors (Lipinski definition) is 0. The van der Waals surface area contributed by atoms with Gasteiger partial charge in [0.05, 0.1) is 17.3 Å². The van der Waals surface area contributed by atoms with Crippen LogP contribution in [0.3, 0.4) is 0 Å². The van der Waals surface area contributed by atoms with Crippen molar-refractivity contribution >= 4 is 38.5 Å². The number of carbonyl (C=O) groups is 1. The predicted molar refractivity (Wildman–Crippen MR) is 119 cm³/mol. The molecule has 1 aromatic carbocycles. The van der Waals surface area contributed by atoms with Crippen LogP contribution in [0.4, 0.5) is 0 Å². The number of imidazole rings is 1. The minimum absolute atomic E-state index is 0.0469. The van der Waals surface area contributed by atoms with Gasteiger partial charge in [0.25, 0.3) is 5.56 Å². The fraction of sp³-hybridized carbons (Fsp3) is 0.400. The average molecular weight is 480 g/mol. The zero-order chi connectivity index (χ0) is 23.2. The van der Waals surface area contributed by atoms with Crippen molar-refractivity contribution in [2.75, 3.05) is 18.8 Å². The number of aryl methyl sites for hydroxylation is 1. The van der Waals surface area contributed by atoms with Crippen molar-refractivity contribution in [3.05, 3.63) is 62.0 Å². The largest absolute Gasteiger partial charge is 0.340 e. The highest BCUT2D eigenvalue weighted by molar-refractivity contribution is 7.91. The van der Waals surface area contributed by atoms with Crippen LogP contribution in [0.2, 0.25) is 5.02 Å². The van der Waals surface area contributed by atoms with E-state index in [1.54, 1.807) is 24.3 Å². The number of benzene rings is 1. The molecule has 1 saturated heterocycles. The van der Waals surface area contributed by atoms with E-state index < -0.39 is 26.3 Å². The smallest absolute Gasteiger partial charge is 0.332 e. The molecule has 4 rings (SSSR count). The van der Waals surface area contributed by atoms with Crippen LogP contribution in [0, 0.1) is 0 Å². The quantitative estimate of drug-likeness (QED) is 0.539. The second-order valence-corrected chi connectivity index (χ2v) is 10.5. The molecule has 12 heteroatoms. The molecular weight excluding hydrogens is 458 g/mol. The molecule has 2 aromatic heterocycles. The van der Waals surface area contributed by atoms with Gasteiger partial charge in [0.2, 0.25) is 5.91 Å². The first-order chi connectivity index (χ1) is 15.1. The van der Waals surface area contributed by atoms with Crippen LogP contribution in [0.5, 0.6) is 0 Å². The van der Waals surface area contributed by atoms with E-state index in [1.165, 1.54) is 34.5 Å². The zero-order valence-electron chi connectivity index (χ0n) is 17.6. The van der Waals surface area contributed by atoms with E-state index in [0.29, 0.717) is 10.6 Å². The average Bonchev–Trinajstić information content (AvgIpc) is 3.09. The van der Waals surface area contributed by atoms with E-state index in [4.69, 9.17) is 11.6 Å². The van der Waals surface area contributed by atoms with Gasteiger partial charge in [0, 0.05) is 32.2 Å². The standard InChI is InChI=1S/C20H22ClN5O5S/c1-23-18-17(19(28)24(2)20(23)29)26(12-22-18)11-16(27)25-8-7-15(32(30,31)10-9-25)13-5-3-4-6-14(13)21/h3-6,12,15H,7-11H2,1-2H3. The van der Waals surface area contributed by atoms with Gasteiger partial charge in [-0.05, 0) is 18.1 Å². The van der Waals surface area contributed by atoms with Crippen LogP contribution in [-0.4, -0.2) is 56.8 Å². The number of aromatic nitrogens is 4. The molecule has 1 aliphatic rings. The van der Waals surface area contributed by atoms with Crippen molar-refractivity contribution in [1.82, 2.24) is 23.6 Å². The summed E-state index contributed by atoms with van der Waals surface area (Å²) in [4.78, 5) is 43.3. The summed E-state index contributed by atoms with van der Waals surface area (Å²) >= 11 is 6.23.